The number of non-ortho nitro benzene ring substituents is 1. The number of ketones is 1. The van der Waals surface area contributed by atoms with Gasteiger partial charge in [0, 0.05) is 12.1 Å². The summed E-state index contributed by atoms with van der Waals surface area (Å²) in [5.41, 5.74) is 0.534. The van der Waals surface area contributed by atoms with E-state index in [1.807, 2.05) is 0 Å². The lowest BCUT2D eigenvalue weighted by atomic mass is 10.1. The topological polar surface area (TPSA) is 102 Å². The number of amides is 1. The first-order valence-electron chi connectivity index (χ1n) is 7.39. The second kappa shape index (κ2) is 8.54. The van der Waals surface area contributed by atoms with Crippen LogP contribution in [0.4, 0.5) is 18.9 Å². The average Bonchev–Trinajstić information content (AvgIpc) is 3.12. The summed E-state index contributed by atoms with van der Waals surface area (Å²) in [6, 6.07) is 7.90. The van der Waals surface area contributed by atoms with Crippen LogP contribution in [-0.4, -0.2) is 28.5 Å². The fourth-order valence-corrected chi connectivity index (χ4v) is 2.63. The lowest BCUT2D eigenvalue weighted by molar-refractivity contribution is -0.384. The monoisotopic (exact) mass is 399 g/mol. The number of rotatable bonds is 7. The van der Waals surface area contributed by atoms with E-state index in [2.05, 4.69) is 5.10 Å². The Morgan fingerprint density at radius 1 is 1.19 bits per heavy atom. The molecule has 1 aromatic carbocycles. The molecule has 27 heavy (non-hydrogen) atoms. The number of thiophene rings is 1. The lowest BCUT2D eigenvalue weighted by Gasteiger charge is -2.10. The van der Waals surface area contributed by atoms with Crippen molar-refractivity contribution in [2.24, 2.45) is 5.10 Å². The number of nitrogens with zero attached hydrogens (tertiary/aromatic N) is 2. The van der Waals surface area contributed by atoms with Crippen LogP contribution in [0.5, 0.6) is 0 Å². The predicted octanol–water partition coefficient (Wildman–Crippen LogP) is 3.51. The normalized spacial score (nSPS) is 11.9. The summed E-state index contributed by atoms with van der Waals surface area (Å²) in [4.78, 5) is 33.7. The van der Waals surface area contributed by atoms with Crippen molar-refractivity contribution in [2.45, 2.75) is 19.0 Å². The van der Waals surface area contributed by atoms with Gasteiger partial charge in [0.15, 0.2) is 5.78 Å². The number of nitro benzene ring substituents is 1. The molecule has 1 amide bonds. The maximum atomic E-state index is 13.0. The molecule has 1 N–H and O–H groups in total. The van der Waals surface area contributed by atoms with Gasteiger partial charge in [-0.2, -0.15) is 18.3 Å². The molecule has 0 saturated heterocycles. The number of hydrogen-bond donors (Lipinski definition) is 1. The third-order valence-corrected chi connectivity index (χ3v) is 4.19. The van der Waals surface area contributed by atoms with Gasteiger partial charge in [-0.25, -0.2) is 5.43 Å². The molecule has 0 radical (unpaired) electrons. The van der Waals surface area contributed by atoms with E-state index in [0.717, 1.165) is 11.3 Å². The Morgan fingerprint density at radius 3 is 2.37 bits per heavy atom. The largest absolute Gasteiger partial charge is 0.431 e. The third kappa shape index (κ3) is 5.99. The average molecular weight is 399 g/mol. The van der Waals surface area contributed by atoms with Crippen molar-refractivity contribution >= 4 is 34.4 Å². The fourth-order valence-electron chi connectivity index (χ4n) is 1.97. The molecule has 142 valence electrons. The van der Waals surface area contributed by atoms with E-state index < -0.39 is 34.9 Å². The molecule has 0 spiro atoms. The van der Waals surface area contributed by atoms with Gasteiger partial charge in [0.25, 0.3) is 5.69 Å². The molecule has 11 heteroatoms. The van der Waals surface area contributed by atoms with E-state index in [1.54, 1.807) is 10.8 Å². The zero-order chi connectivity index (χ0) is 20.0. The van der Waals surface area contributed by atoms with Gasteiger partial charge in [-0.1, -0.05) is 18.2 Å². The van der Waals surface area contributed by atoms with Gasteiger partial charge < -0.3 is 0 Å². The fraction of sp³-hybridized carbons (Fsp3) is 0.188. The van der Waals surface area contributed by atoms with Crippen LogP contribution in [0.1, 0.15) is 21.7 Å². The van der Waals surface area contributed by atoms with Crippen LogP contribution in [0.2, 0.25) is 0 Å². The first kappa shape index (κ1) is 20.2. The standard InChI is InChI=1S/C16H12F3N3O4S/c17-16(18,19)14(9-12(23)13-2-1-7-27-13)20-21-15(24)8-10-3-5-11(6-4-10)22(25)26/h1-7H,8-9H2,(H,21,24)/b20-14-. The maximum Gasteiger partial charge on any atom is 0.431 e. The minimum absolute atomic E-state index is 0.157. The summed E-state index contributed by atoms with van der Waals surface area (Å²) in [6.45, 7) is 0. The smallest absolute Gasteiger partial charge is 0.293 e. The highest BCUT2D eigenvalue weighted by Crippen LogP contribution is 2.22. The molecular formula is C16H12F3N3O4S. The maximum absolute atomic E-state index is 13.0. The van der Waals surface area contributed by atoms with E-state index in [4.69, 9.17) is 0 Å². The molecule has 1 aromatic heterocycles. The molecule has 7 nitrogen and oxygen atoms in total. The van der Waals surface area contributed by atoms with E-state index in [1.165, 1.54) is 36.4 Å². The number of nitro groups is 1. The van der Waals surface area contributed by atoms with E-state index in [-0.39, 0.29) is 17.0 Å². The molecule has 2 aromatic rings. The number of Topliss-reactive ketones (excluding diaryl/α,β-unsaturated/α-hetero) is 1. The van der Waals surface area contributed by atoms with Crippen molar-refractivity contribution in [1.82, 2.24) is 5.43 Å². The SMILES string of the molecule is O=C(Cc1ccc([N+](=O)[O-])cc1)N/N=C(/CC(=O)c1cccs1)C(F)(F)F. The zero-order valence-corrected chi connectivity index (χ0v) is 14.3. The highest BCUT2D eigenvalue weighted by atomic mass is 32.1. The molecule has 0 aliphatic heterocycles. The second-order valence-electron chi connectivity index (χ2n) is 5.27. The van der Waals surface area contributed by atoms with Gasteiger partial charge in [-0.15, -0.1) is 11.3 Å². The molecule has 0 aliphatic carbocycles. The Morgan fingerprint density at radius 2 is 1.85 bits per heavy atom. The Bertz CT molecular complexity index is 862. The van der Waals surface area contributed by atoms with E-state index in [0.29, 0.717) is 5.56 Å². The van der Waals surface area contributed by atoms with Gasteiger partial charge in [0.2, 0.25) is 5.91 Å². The minimum atomic E-state index is -4.88. The summed E-state index contributed by atoms with van der Waals surface area (Å²) in [7, 11) is 0. The summed E-state index contributed by atoms with van der Waals surface area (Å²) in [6.07, 6.45) is -6.21. The number of carbonyl (C=O) groups is 2. The lowest BCUT2D eigenvalue weighted by Crippen LogP contribution is -2.30. The molecule has 0 atom stereocenters. The number of alkyl halides is 3. The molecule has 0 saturated carbocycles. The third-order valence-electron chi connectivity index (χ3n) is 3.28. The second-order valence-corrected chi connectivity index (χ2v) is 6.22. The molecular weight excluding hydrogens is 387 g/mol. The van der Waals surface area contributed by atoms with Crippen molar-refractivity contribution in [3.05, 3.63) is 62.3 Å². The van der Waals surface area contributed by atoms with Crippen molar-refractivity contribution in [3.63, 3.8) is 0 Å². The van der Waals surface area contributed by atoms with Gasteiger partial charge in [0.05, 0.1) is 22.6 Å². The van der Waals surface area contributed by atoms with E-state index >= 15 is 0 Å². The molecule has 0 fully saturated rings. The van der Waals surface area contributed by atoms with Crippen LogP contribution in [-0.2, 0) is 11.2 Å². The highest BCUT2D eigenvalue weighted by Gasteiger charge is 2.37. The summed E-state index contributed by atoms with van der Waals surface area (Å²) >= 11 is 1.01. The first-order valence-corrected chi connectivity index (χ1v) is 8.27. The molecule has 0 unspecified atom stereocenters. The van der Waals surface area contributed by atoms with Crippen molar-refractivity contribution in [3.8, 4) is 0 Å². The molecule has 2 rings (SSSR count). The van der Waals surface area contributed by atoms with Crippen LogP contribution in [0.15, 0.2) is 46.9 Å². The van der Waals surface area contributed by atoms with Gasteiger partial charge >= 0.3 is 6.18 Å². The Balaban J connectivity index is 2.03. The summed E-state index contributed by atoms with van der Waals surface area (Å²) in [5, 5.41) is 15.2. The number of hydrogen-bond acceptors (Lipinski definition) is 6. The number of carbonyl (C=O) groups excluding carboxylic acids is 2. The van der Waals surface area contributed by atoms with Gasteiger partial charge in [-0.05, 0) is 17.0 Å². The zero-order valence-electron chi connectivity index (χ0n) is 13.5. The number of nitrogens with one attached hydrogen (secondary N) is 1. The van der Waals surface area contributed by atoms with Crippen molar-refractivity contribution in [1.29, 1.82) is 0 Å². The van der Waals surface area contributed by atoms with Gasteiger partial charge in [-0.3, -0.25) is 19.7 Å². The number of halogens is 3. The summed E-state index contributed by atoms with van der Waals surface area (Å²) in [5.74, 6) is -1.61. The quantitative estimate of drug-likeness (QED) is 0.333. The van der Waals surface area contributed by atoms with Crippen LogP contribution in [0.3, 0.4) is 0 Å². The first-order chi connectivity index (χ1) is 12.7. The molecule has 0 aliphatic rings. The number of hydrazone groups is 1. The van der Waals surface area contributed by atoms with E-state index in [9.17, 15) is 32.9 Å². The Kier molecular flexibility index (Phi) is 6.40. The minimum Gasteiger partial charge on any atom is -0.293 e. The van der Waals surface area contributed by atoms with Crippen LogP contribution in [0, 0.1) is 10.1 Å². The predicted molar refractivity (Wildman–Crippen MR) is 91.7 cm³/mol. The van der Waals surface area contributed by atoms with Crippen LogP contribution >= 0.6 is 11.3 Å². The molecule has 0 bridgehead atoms. The van der Waals surface area contributed by atoms with Crippen molar-refractivity contribution < 1.29 is 27.7 Å². The van der Waals surface area contributed by atoms with Crippen molar-refractivity contribution in [2.75, 3.05) is 0 Å². The highest BCUT2D eigenvalue weighted by molar-refractivity contribution is 7.12. The van der Waals surface area contributed by atoms with Crippen LogP contribution < -0.4 is 5.43 Å². The summed E-state index contributed by atoms with van der Waals surface area (Å²) < 4.78 is 39.1. The Hall–Kier alpha value is -3.08. The van der Waals surface area contributed by atoms with Gasteiger partial charge in [0.1, 0.15) is 5.71 Å². The van der Waals surface area contributed by atoms with Crippen LogP contribution in [0.25, 0.3) is 0 Å². The molecule has 1 heterocycles. The Labute approximate surface area is 154 Å². The number of benzene rings is 1.